The van der Waals surface area contributed by atoms with Gasteiger partial charge in [-0.3, -0.25) is 9.59 Å². The van der Waals surface area contributed by atoms with Crippen LogP contribution in [0.2, 0.25) is 0 Å². The summed E-state index contributed by atoms with van der Waals surface area (Å²) in [6, 6.07) is 32.9. The molecule has 6 atom stereocenters. The molecule has 0 amide bonds. The van der Waals surface area contributed by atoms with Crippen LogP contribution in [0.1, 0.15) is 87.5 Å². The number of benzene rings is 4. The number of aliphatic hydroxyl groups excluding tert-OH is 3. The van der Waals surface area contributed by atoms with Crippen molar-refractivity contribution >= 4 is 22.1 Å². The first-order chi connectivity index (χ1) is 29.8. The molecule has 1 aliphatic heterocycles. The second-order valence-corrected chi connectivity index (χ2v) is 17.5. The standard InChI is InChI=1S/C49H62O12S.Na/c1-3-5-7-9-34-11-21-38(22-12-34)40-25-15-36(16-26-40)19-29-44(50)58-31-42(32-59-49-48(54)47(53)46(52)43(61-49)33-62(55,56)57)60-45(51)30-20-37-17-27-41(28-18-37)39-23-13-35(14-24-39)10-8-6-4-2;/h11-18,21-28,42-43,46-49,52-54H,3-10,19-20,29-33H2,1-2H3,(H,55,56,57);/q;+1/p-1/t42?,43-,46-,47+,48-,49+;/m1./s1. The fraction of sp³-hybridized carbons (Fsp3) is 0.469. The topological polar surface area (TPSA) is 189 Å². The second-order valence-electron chi connectivity index (χ2n) is 16.1. The van der Waals surface area contributed by atoms with Crippen molar-refractivity contribution in [1.29, 1.82) is 0 Å². The van der Waals surface area contributed by atoms with Gasteiger partial charge in [0.05, 0.1) is 22.5 Å². The molecule has 5 rings (SSSR count). The molecule has 1 heterocycles. The average molecular weight is 897 g/mol. The zero-order valence-electron chi connectivity index (χ0n) is 36.7. The van der Waals surface area contributed by atoms with Crippen LogP contribution in [0, 0.1) is 0 Å². The smallest absolute Gasteiger partial charge is 0.748 e. The summed E-state index contributed by atoms with van der Waals surface area (Å²) in [4.78, 5) is 26.1. The SMILES string of the molecule is CCCCCc1ccc(-c2ccc(CCC(=O)OCC(CO[C@H]3O[C@H](CS(=O)(=O)[O-])[C@@H](O)[C@H](O)[C@H]3O)OC(=O)CCc3ccc(-c4ccc(CCCCC)cc4)cc3)cc2)cc1.[Na+]. The molecule has 14 heteroatoms. The summed E-state index contributed by atoms with van der Waals surface area (Å²) in [5, 5.41) is 31.1. The maximum absolute atomic E-state index is 13.1. The maximum atomic E-state index is 13.1. The first-order valence-electron chi connectivity index (χ1n) is 21.8. The Kier molecular flexibility index (Phi) is 21.9. The van der Waals surface area contributed by atoms with Gasteiger partial charge in [0.15, 0.2) is 12.4 Å². The van der Waals surface area contributed by atoms with E-state index in [-0.39, 0.29) is 42.4 Å². The third-order valence-electron chi connectivity index (χ3n) is 11.1. The molecule has 1 aliphatic rings. The number of rotatable bonds is 24. The van der Waals surface area contributed by atoms with E-state index in [1.54, 1.807) is 0 Å². The van der Waals surface area contributed by atoms with Gasteiger partial charge in [-0.25, -0.2) is 8.42 Å². The Morgan fingerprint density at radius 3 is 1.43 bits per heavy atom. The summed E-state index contributed by atoms with van der Waals surface area (Å²) in [5.41, 5.74) is 8.76. The van der Waals surface area contributed by atoms with Crippen LogP contribution < -0.4 is 29.6 Å². The van der Waals surface area contributed by atoms with Crippen molar-refractivity contribution in [1.82, 2.24) is 0 Å². The number of unbranched alkanes of at least 4 members (excludes halogenated alkanes) is 4. The number of carbonyl (C=O) groups excluding carboxylic acids is 2. The number of hydrogen-bond acceptors (Lipinski definition) is 12. The van der Waals surface area contributed by atoms with Crippen LogP contribution in [0.3, 0.4) is 0 Å². The Morgan fingerprint density at radius 2 is 1.02 bits per heavy atom. The Labute approximate surface area is 394 Å². The molecule has 4 aromatic carbocycles. The van der Waals surface area contributed by atoms with E-state index >= 15 is 0 Å². The van der Waals surface area contributed by atoms with Crippen LogP contribution in [-0.4, -0.2) is 96.0 Å². The number of esters is 2. The fourth-order valence-electron chi connectivity index (χ4n) is 7.32. The van der Waals surface area contributed by atoms with Gasteiger partial charge in [-0.2, -0.15) is 0 Å². The predicted octanol–water partition coefficient (Wildman–Crippen LogP) is 3.88. The van der Waals surface area contributed by atoms with Crippen molar-refractivity contribution < 1.29 is 86.4 Å². The van der Waals surface area contributed by atoms with Crippen molar-refractivity contribution in [2.75, 3.05) is 19.0 Å². The molecule has 4 aromatic rings. The average Bonchev–Trinajstić information content (AvgIpc) is 3.27. The second kappa shape index (κ2) is 26.5. The monoisotopic (exact) mass is 896 g/mol. The molecule has 0 spiro atoms. The van der Waals surface area contributed by atoms with Gasteiger partial charge >= 0.3 is 41.5 Å². The molecule has 0 radical (unpaired) electrons. The largest absolute Gasteiger partial charge is 1.00 e. The van der Waals surface area contributed by atoms with Gasteiger partial charge in [0.2, 0.25) is 0 Å². The first kappa shape index (κ1) is 52.2. The minimum atomic E-state index is -4.89. The molecule has 0 bridgehead atoms. The van der Waals surface area contributed by atoms with Crippen LogP contribution in [0.4, 0.5) is 0 Å². The van der Waals surface area contributed by atoms with Crippen LogP contribution in [-0.2, 0) is 64.3 Å². The molecule has 0 aliphatic carbocycles. The molecule has 1 unspecified atom stereocenters. The predicted molar refractivity (Wildman–Crippen MR) is 235 cm³/mol. The normalized spacial score (nSPS) is 19.2. The third-order valence-corrected chi connectivity index (χ3v) is 11.8. The number of hydrogen-bond donors (Lipinski definition) is 3. The summed E-state index contributed by atoms with van der Waals surface area (Å²) >= 11 is 0. The number of carbonyl (C=O) groups is 2. The van der Waals surface area contributed by atoms with Gasteiger partial charge in [0.25, 0.3) is 0 Å². The Morgan fingerprint density at radius 1 is 0.603 bits per heavy atom. The van der Waals surface area contributed by atoms with Crippen molar-refractivity contribution in [2.45, 2.75) is 128 Å². The number of ether oxygens (including phenoxy) is 4. The molecule has 12 nitrogen and oxygen atoms in total. The minimum absolute atomic E-state index is 0. The van der Waals surface area contributed by atoms with Gasteiger partial charge in [-0.15, -0.1) is 0 Å². The number of aliphatic hydroxyl groups is 3. The fourth-order valence-corrected chi connectivity index (χ4v) is 8.00. The molecule has 0 aromatic heterocycles. The molecule has 336 valence electrons. The summed E-state index contributed by atoms with van der Waals surface area (Å²) in [5.74, 6) is -2.37. The van der Waals surface area contributed by atoms with Crippen molar-refractivity contribution in [3.05, 3.63) is 119 Å². The van der Waals surface area contributed by atoms with Crippen molar-refractivity contribution in [3.63, 3.8) is 0 Å². The van der Waals surface area contributed by atoms with E-state index in [1.807, 2.05) is 48.5 Å². The third kappa shape index (κ3) is 17.5. The summed E-state index contributed by atoms with van der Waals surface area (Å²) in [6.45, 7) is 3.46. The van der Waals surface area contributed by atoms with Gasteiger partial charge in [0, 0.05) is 12.8 Å². The molecule has 3 N–H and O–H groups in total. The molecular formula is C49H61NaO12S. The Bertz CT molecular complexity index is 2080. The maximum Gasteiger partial charge on any atom is 1.00 e. The zero-order valence-corrected chi connectivity index (χ0v) is 39.5. The van der Waals surface area contributed by atoms with Gasteiger partial charge in [-0.1, -0.05) is 137 Å². The van der Waals surface area contributed by atoms with Crippen LogP contribution in [0.15, 0.2) is 97.1 Å². The van der Waals surface area contributed by atoms with Crippen molar-refractivity contribution in [2.24, 2.45) is 0 Å². The molecular weight excluding hydrogens is 836 g/mol. The van der Waals surface area contributed by atoms with E-state index in [0.29, 0.717) is 12.8 Å². The molecule has 63 heavy (non-hydrogen) atoms. The van der Waals surface area contributed by atoms with Gasteiger partial charge in [0.1, 0.15) is 31.0 Å². The van der Waals surface area contributed by atoms with E-state index in [9.17, 15) is 37.9 Å². The van der Waals surface area contributed by atoms with Gasteiger partial charge < -0.3 is 38.8 Å². The Balaban J connectivity index is 0.00000871. The van der Waals surface area contributed by atoms with Crippen LogP contribution in [0.25, 0.3) is 22.3 Å². The van der Waals surface area contributed by atoms with Crippen LogP contribution in [0.5, 0.6) is 0 Å². The molecule has 0 saturated carbocycles. The van der Waals surface area contributed by atoms with Crippen molar-refractivity contribution in [3.8, 4) is 22.3 Å². The van der Waals surface area contributed by atoms with E-state index in [1.165, 1.54) is 49.7 Å². The van der Waals surface area contributed by atoms with Gasteiger partial charge in [-0.05, 0) is 83.0 Å². The van der Waals surface area contributed by atoms with E-state index < -0.39 is 77.8 Å². The Hall–Kier alpha value is -3.47. The molecule has 1 saturated heterocycles. The van der Waals surface area contributed by atoms with Crippen LogP contribution >= 0.6 is 0 Å². The number of aryl methyl sites for hydroxylation is 4. The molecule has 1 fully saturated rings. The van der Waals surface area contributed by atoms with E-state index in [4.69, 9.17) is 18.9 Å². The summed E-state index contributed by atoms with van der Waals surface area (Å²) in [6.07, 6.45) is -0.221. The summed E-state index contributed by atoms with van der Waals surface area (Å²) in [7, 11) is -4.89. The van der Waals surface area contributed by atoms with E-state index in [0.717, 1.165) is 46.2 Å². The van der Waals surface area contributed by atoms with E-state index in [2.05, 4.69) is 62.4 Å². The quantitative estimate of drug-likeness (QED) is 0.0399. The summed E-state index contributed by atoms with van der Waals surface area (Å²) < 4.78 is 56.3. The minimum Gasteiger partial charge on any atom is -0.748 e. The first-order valence-corrected chi connectivity index (χ1v) is 23.4. The zero-order chi connectivity index (χ0) is 44.5.